The molecular formula is C19H16O. The van der Waals surface area contributed by atoms with Gasteiger partial charge in [0.1, 0.15) is 6.61 Å². The van der Waals surface area contributed by atoms with Crippen LogP contribution in [0, 0.1) is 23.7 Å². The van der Waals surface area contributed by atoms with E-state index in [9.17, 15) is 0 Å². The Kier molecular flexibility index (Phi) is 4.87. The van der Waals surface area contributed by atoms with Gasteiger partial charge in [-0.05, 0) is 31.5 Å². The summed E-state index contributed by atoms with van der Waals surface area (Å²) in [5.74, 6) is 12.7. The van der Waals surface area contributed by atoms with E-state index in [1.165, 1.54) is 0 Å². The molecule has 0 atom stereocenters. The molecule has 0 spiro atoms. The zero-order valence-electron chi connectivity index (χ0n) is 11.7. The van der Waals surface area contributed by atoms with Gasteiger partial charge >= 0.3 is 0 Å². The van der Waals surface area contributed by atoms with Crippen LogP contribution in [-0.2, 0) is 6.61 Å². The third-order valence-corrected chi connectivity index (χ3v) is 2.76. The van der Waals surface area contributed by atoms with Gasteiger partial charge in [-0.2, -0.15) is 0 Å². The molecule has 2 rings (SSSR count). The van der Waals surface area contributed by atoms with E-state index in [0.29, 0.717) is 6.61 Å². The smallest absolute Gasteiger partial charge is 0.151 e. The third-order valence-electron chi connectivity index (χ3n) is 2.76. The number of hydrogen-bond donors (Lipinski definition) is 0. The largest absolute Gasteiger partial charge is 0.486 e. The van der Waals surface area contributed by atoms with E-state index in [1.54, 1.807) is 0 Å². The second-order valence-corrected chi connectivity index (χ2v) is 4.21. The molecule has 0 saturated carbocycles. The van der Waals surface area contributed by atoms with Crippen molar-refractivity contribution in [3.8, 4) is 29.4 Å². The van der Waals surface area contributed by atoms with Crippen LogP contribution in [0.25, 0.3) is 0 Å². The van der Waals surface area contributed by atoms with E-state index >= 15 is 0 Å². The third kappa shape index (κ3) is 3.44. The number of para-hydroxylation sites is 1. The molecule has 0 aliphatic carbocycles. The average molecular weight is 260 g/mol. The highest BCUT2D eigenvalue weighted by Gasteiger charge is 2.07. The first-order valence-corrected chi connectivity index (χ1v) is 6.50. The van der Waals surface area contributed by atoms with E-state index < -0.39 is 0 Å². The minimum atomic E-state index is 0.516. The molecule has 20 heavy (non-hydrogen) atoms. The lowest BCUT2D eigenvalue weighted by Gasteiger charge is -2.10. The number of rotatable bonds is 3. The Morgan fingerprint density at radius 1 is 0.800 bits per heavy atom. The van der Waals surface area contributed by atoms with Gasteiger partial charge in [0.15, 0.2) is 5.75 Å². The van der Waals surface area contributed by atoms with E-state index in [4.69, 9.17) is 4.74 Å². The van der Waals surface area contributed by atoms with Crippen LogP contribution in [0.5, 0.6) is 5.75 Å². The summed E-state index contributed by atoms with van der Waals surface area (Å²) in [5.41, 5.74) is 2.88. The Morgan fingerprint density at radius 2 is 1.40 bits per heavy atom. The molecule has 0 aromatic heterocycles. The van der Waals surface area contributed by atoms with Gasteiger partial charge in [0, 0.05) is 0 Å². The maximum atomic E-state index is 5.95. The molecule has 0 radical (unpaired) electrons. The fraction of sp³-hybridized carbons (Fsp3) is 0.158. The van der Waals surface area contributed by atoms with E-state index in [-0.39, 0.29) is 0 Å². The van der Waals surface area contributed by atoms with Gasteiger partial charge in [-0.25, -0.2) is 0 Å². The molecular weight excluding hydrogens is 244 g/mol. The lowest BCUT2D eigenvalue weighted by Crippen LogP contribution is -1.99. The highest BCUT2D eigenvalue weighted by molar-refractivity contribution is 5.56. The van der Waals surface area contributed by atoms with Crippen molar-refractivity contribution in [1.29, 1.82) is 0 Å². The molecule has 2 aromatic carbocycles. The molecule has 0 bridgehead atoms. The van der Waals surface area contributed by atoms with Crippen molar-refractivity contribution in [2.75, 3.05) is 0 Å². The lowest BCUT2D eigenvalue weighted by molar-refractivity contribution is 0.304. The van der Waals surface area contributed by atoms with Crippen molar-refractivity contribution in [3.63, 3.8) is 0 Å². The van der Waals surface area contributed by atoms with Crippen LogP contribution < -0.4 is 4.74 Å². The molecule has 0 saturated heterocycles. The number of benzene rings is 2. The highest BCUT2D eigenvalue weighted by Crippen LogP contribution is 2.24. The van der Waals surface area contributed by atoms with E-state index in [0.717, 1.165) is 22.4 Å². The van der Waals surface area contributed by atoms with Crippen molar-refractivity contribution in [2.45, 2.75) is 20.5 Å². The van der Waals surface area contributed by atoms with E-state index in [1.807, 2.05) is 62.4 Å². The Morgan fingerprint density at radius 3 is 1.95 bits per heavy atom. The molecule has 2 aromatic rings. The van der Waals surface area contributed by atoms with Crippen LogP contribution in [0.3, 0.4) is 0 Å². The summed E-state index contributed by atoms with van der Waals surface area (Å²) in [6.07, 6.45) is 0. The molecule has 0 aliphatic heterocycles. The lowest BCUT2D eigenvalue weighted by atomic mass is 10.1. The minimum absolute atomic E-state index is 0.516. The van der Waals surface area contributed by atoms with Crippen LogP contribution in [-0.4, -0.2) is 0 Å². The predicted octanol–water partition coefficient (Wildman–Crippen LogP) is 4.01. The fourth-order valence-electron chi connectivity index (χ4n) is 1.89. The zero-order chi connectivity index (χ0) is 14.2. The maximum Gasteiger partial charge on any atom is 0.151 e. The summed E-state index contributed by atoms with van der Waals surface area (Å²) >= 11 is 0. The molecule has 0 fully saturated rings. The van der Waals surface area contributed by atoms with Gasteiger partial charge < -0.3 is 4.74 Å². The van der Waals surface area contributed by atoms with E-state index in [2.05, 4.69) is 23.7 Å². The normalized spacial score (nSPS) is 8.90. The quantitative estimate of drug-likeness (QED) is 0.758. The highest BCUT2D eigenvalue weighted by atomic mass is 16.5. The SMILES string of the molecule is CC#Cc1cccc(C#CC)c1OCc1ccccc1. The Balaban J connectivity index is 2.31. The van der Waals surface area contributed by atoms with Gasteiger partial charge in [-0.15, -0.1) is 11.8 Å². The number of hydrogen-bond acceptors (Lipinski definition) is 1. The van der Waals surface area contributed by atoms with Crippen LogP contribution in [0.4, 0.5) is 0 Å². The standard InChI is InChI=1S/C19H16O/c1-3-9-17-13-8-14-18(10-4-2)19(17)20-15-16-11-6-5-7-12-16/h5-8,11-14H,15H2,1-2H3. The molecule has 0 unspecified atom stereocenters. The van der Waals surface area contributed by atoms with Gasteiger partial charge in [-0.3, -0.25) is 0 Å². The van der Waals surface area contributed by atoms with Crippen LogP contribution in [0.15, 0.2) is 48.5 Å². The summed E-state index contributed by atoms with van der Waals surface area (Å²) in [4.78, 5) is 0. The molecule has 0 N–H and O–H groups in total. The van der Waals surface area contributed by atoms with Crippen molar-refractivity contribution < 1.29 is 4.74 Å². The first-order valence-electron chi connectivity index (χ1n) is 6.50. The zero-order valence-corrected chi connectivity index (χ0v) is 11.7. The van der Waals surface area contributed by atoms with Crippen molar-refractivity contribution in [2.24, 2.45) is 0 Å². The van der Waals surface area contributed by atoms with Gasteiger partial charge in [0.25, 0.3) is 0 Å². The van der Waals surface area contributed by atoms with Gasteiger partial charge in [0.05, 0.1) is 11.1 Å². The summed E-state index contributed by atoms with van der Waals surface area (Å²) in [7, 11) is 0. The molecule has 0 heterocycles. The van der Waals surface area contributed by atoms with Crippen molar-refractivity contribution in [1.82, 2.24) is 0 Å². The van der Waals surface area contributed by atoms with Gasteiger partial charge in [0.2, 0.25) is 0 Å². The van der Waals surface area contributed by atoms with Crippen LogP contribution in [0.2, 0.25) is 0 Å². The van der Waals surface area contributed by atoms with Crippen LogP contribution >= 0.6 is 0 Å². The fourth-order valence-corrected chi connectivity index (χ4v) is 1.89. The van der Waals surface area contributed by atoms with Gasteiger partial charge in [-0.1, -0.05) is 48.2 Å². The summed E-state index contributed by atoms with van der Waals surface area (Å²) in [6.45, 7) is 4.15. The monoisotopic (exact) mass is 260 g/mol. The molecule has 0 amide bonds. The summed E-state index contributed by atoms with van der Waals surface area (Å²) < 4.78 is 5.95. The second kappa shape index (κ2) is 7.07. The Labute approximate surface area is 120 Å². The van der Waals surface area contributed by atoms with Crippen LogP contribution in [0.1, 0.15) is 30.5 Å². The predicted molar refractivity (Wildman–Crippen MR) is 82.3 cm³/mol. The Hall–Kier alpha value is -2.64. The Bertz CT molecular complexity index is 653. The summed E-state index contributed by atoms with van der Waals surface area (Å²) in [5, 5.41) is 0. The number of ether oxygens (including phenoxy) is 1. The molecule has 98 valence electrons. The molecule has 0 aliphatic rings. The first kappa shape index (κ1) is 13.8. The average Bonchev–Trinajstić information content (AvgIpc) is 2.48. The van der Waals surface area contributed by atoms with Crippen molar-refractivity contribution in [3.05, 3.63) is 65.2 Å². The second-order valence-electron chi connectivity index (χ2n) is 4.21. The molecule has 1 nitrogen and oxygen atoms in total. The maximum absolute atomic E-state index is 5.95. The summed E-state index contributed by atoms with van der Waals surface area (Å²) in [6, 6.07) is 15.9. The first-order chi connectivity index (χ1) is 9.85. The molecule has 1 heteroatoms. The van der Waals surface area contributed by atoms with Crippen molar-refractivity contribution >= 4 is 0 Å². The minimum Gasteiger partial charge on any atom is -0.486 e. The topological polar surface area (TPSA) is 9.23 Å².